The summed E-state index contributed by atoms with van der Waals surface area (Å²) in [5, 5.41) is 0. The van der Waals surface area contributed by atoms with E-state index < -0.39 is 6.43 Å². The summed E-state index contributed by atoms with van der Waals surface area (Å²) in [7, 11) is 0. The van der Waals surface area contributed by atoms with Crippen molar-refractivity contribution >= 4 is 11.5 Å². The number of hydrogen-bond donors (Lipinski definition) is 2. The van der Waals surface area contributed by atoms with Crippen molar-refractivity contribution in [3.05, 3.63) is 17.8 Å². The van der Waals surface area contributed by atoms with Gasteiger partial charge in [0, 0.05) is 11.8 Å². The molecule has 4 N–H and O–H groups in total. The second-order valence-corrected chi connectivity index (χ2v) is 2.05. The third-order valence-corrected chi connectivity index (χ3v) is 1.11. The molecule has 0 aromatic carbocycles. The van der Waals surface area contributed by atoms with Crippen LogP contribution >= 0.6 is 0 Å². The van der Waals surface area contributed by atoms with Crippen molar-refractivity contribution in [3.8, 4) is 0 Å². The van der Waals surface area contributed by atoms with E-state index in [1.165, 1.54) is 6.07 Å². The third kappa shape index (κ3) is 1.76. The highest BCUT2D eigenvalue weighted by Gasteiger charge is 2.09. The molecule has 0 radical (unpaired) electrons. The first kappa shape index (κ1) is 7.71. The zero-order chi connectivity index (χ0) is 8.43. The van der Waals surface area contributed by atoms with Crippen molar-refractivity contribution < 1.29 is 8.78 Å². The van der Waals surface area contributed by atoms with Gasteiger partial charge >= 0.3 is 0 Å². The molecule has 0 aliphatic heterocycles. The van der Waals surface area contributed by atoms with E-state index in [4.69, 9.17) is 11.5 Å². The predicted octanol–water partition coefficient (Wildman–Crippen LogP) is 1.18. The van der Waals surface area contributed by atoms with Gasteiger partial charge in [0.25, 0.3) is 6.43 Å². The van der Waals surface area contributed by atoms with Crippen molar-refractivity contribution in [1.82, 2.24) is 4.98 Å². The first-order chi connectivity index (χ1) is 5.09. The molecule has 1 aromatic rings. The molecule has 0 atom stereocenters. The summed E-state index contributed by atoms with van der Waals surface area (Å²) in [6.45, 7) is 0. The number of rotatable bonds is 1. The molecule has 1 heterocycles. The first-order valence-electron chi connectivity index (χ1n) is 2.90. The van der Waals surface area contributed by atoms with Gasteiger partial charge in [0.05, 0.1) is 0 Å². The van der Waals surface area contributed by atoms with Crippen LogP contribution in [0.5, 0.6) is 0 Å². The van der Waals surface area contributed by atoms with Gasteiger partial charge in [0.15, 0.2) is 0 Å². The molecule has 11 heavy (non-hydrogen) atoms. The lowest BCUT2D eigenvalue weighted by atomic mass is 10.3. The number of hydrogen-bond acceptors (Lipinski definition) is 3. The molecule has 0 bridgehead atoms. The Morgan fingerprint density at radius 1 is 1.27 bits per heavy atom. The summed E-state index contributed by atoms with van der Waals surface area (Å²) >= 11 is 0. The van der Waals surface area contributed by atoms with Gasteiger partial charge in [-0.15, -0.1) is 0 Å². The molecular weight excluding hydrogens is 152 g/mol. The standard InChI is InChI=1S/C6H7F2N3/c7-6(8)4-1-3(9)2-5(10)11-4/h1-2,6H,(H4,9,10,11). The van der Waals surface area contributed by atoms with Gasteiger partial charge in [-0.2, -0.15) is 0 Å². The van der Waals surface area contributed by atoms with Crippen LogP contribution < -0.4 is 11.5 Å². The van der Waals surface area contributed by atoms with Crippen LogP contribution in [0.1, 0.15) is 12.1 Å². The van der Waals surface area contributed by atoms with Crippen molar-refractivity contribution in [1.29, 1.82) is 0 Å². The lowest BCUT2D eigenvalue weighted by molar-refractivity contribution is 0.146. The monoisotopic (exact) mass is 159 g/mol. The molecule has 0 saturated carbocycles. The molecule has 1 rings (SSSR count). The lowest BCUT2D eigenvalue weighted by Gasteiger charge is -2.01. The quantitative estimate of drug-likeness (QED) is 0.646. The molecule has 0 aliphatic carbocycles. The number of alkyl halides is 2. The number of nitrogen functional groups attached to an aromatic ring is 2. The number of aromatic nitrogens is 1. The molecule has 0 unspecified atom stereocenters. The minimum Gasteiger partial charge on any atom is -0.399 e. The van der Waals surface area contributed by atoms with Crippen LogP contribution in [0.3, 0.4) is 0 Å². The highest BCUT2D eigenvalue weighted by Crippen LogP contribution is 2.19. The average Bonchev–Trinajstić information content (AvgIpc) is 1.85. The van der Waals surface area contributed by atoms with E-state index in [1.807, 2.05) is 0 Å². The summed E-state index contributed by atoms with van der Waals surface area (Å²) < 4.78 is 23.9. The fraction of sp³-hybridized carbons (Fsp3) is 0.167. The Balaban J connectivity index is 3.08. The number of nitrogens with zero attached hydrogens (tertiary/aromatic N) is 1. The van der Waals surface area contributed by atoms with Crippen LogP contribution in [0, 0.1) is 0 Å². The third-order valence-electron chi connectivity index (χ3n) is 1.11. The van der Waals surface area contributed by atoms with Crippen molar-refractivity contribution in [3.63, 3.8) is 0 Å². The maximum absolute atomic E-state index is 12.0. The number of halogens is 2. The molecule has 3 nitrogen and oxygen atoms in total. The Kier molecular flexibility index (Phi) is 1.89. The van der Waals surface area contributed by atoms with E-state index in [0.29, 0.717) is 0 Å². The summed E-state index contributed by atoms with van der Waals surface area (Å²) in [5.74, 6) is 0.0142. The summed E-state index contributed by atoms with van der Waals surface area (Å²) in [6, 6.07) is 2.42. The highest BCUT2D eigenvalue weighted by molar-refractivity contribution is 5.48. The Morgan fingerprint density at radius 2 is 1.91 bits per heavy atom. The van der Waals surface area contributed by atoms with Crippen LogP contribution in [0.4, 0.5) is 20.3 Å². The molecule has 0 spiro atoms. The van der Waals surface area contributed by atoms with Crippen molar-refractivity contribution in [2.75, 3.05) is 11.5 Å². The maximum Gasteiger partial charge on any atom is 0.280 e. The fourth-order valence-electron chi connectivity index (χ4n) is 0.709. The lowest BCUT2D eigenvalue weighted by Crippen LogP contribution is -1.98. The molecule has 1 aromatic heterocycles. The smallest absolute Gasteiger partial charge is 0.280 e. The van der Waals surface area contributed by atoms with E-state index in [-0.39, 0.29) is 17.2 Å². The van der Waals surface area contributed by atoms with Gasteiger partial charge in [-0.3, -0.25) is 0 Å². The Morgan fingerprint density at radius 3 is 2.36 bits per heavy atom. The molecular formula is C6H7F2N3. The molecule has 0 amide bonds. The summed E-state index contributed by atoms with van der Waals surface area (Å²) in [6.07, 6.45) is -2.62. The van der Waals surface area contributed by atoms with Gasteiger partial charge in [-0.1, -0.05) is 0 Å². The first-order valence-corrected chi connectivity index (χ1v) is 2.90. The van der Waals surface area contributed by atoms with Crippen molar-refractivity contribution in [2.24, 2.45) is 0 Å². The molecule has 5 heteroatoms. The topological polar surface area (TPSA) is 64.9 Å². The van der Waals surface area contributed by atoms with Gasteiger partial charge in [0.1, 0.15) is 11.5 Å². The van der Waals surface area contributed by atoms with Crippen LogP contribution in [-0.4, -0.2) is 4.98 Å². The minimum atomic E-state index is -2.62. The normalized spacial score (nSPS) is 10.5. The van der Waals surface area contributed by atoms with Crippen LogP contribution in [0.25, 0.3) is 0 Å². The zero-order valence-electron chi connectivity index (χ0n) is 5.59. The predicted molar refractivity (Wildman–Crippen MR) is 38.0 cm³/mol. The molecule has 0 saturated heterocycles. The molecule has 0 fully saturated rings. The van der Waals surface area contributed by atoms with Gasteiger partial charge in [-0.05, 0) is 6.07 Å². The minimum absolute atomic E-state index is 0.0142. The van der Waals surface area contributed by atoms with Gasteiger partial charge in [-0.25, -0.2) is 13.8 Å². The largest absolute Gasteiger partial charge is 0.399 e. The Hall–Kier alpha value is -1.39. The summed E-state index contributed by atoms with van der Waals surface area (Å²) in [4.78, 5) is 3.38. The number of nitrogens with two attached hydrogens (primary N) is 2. The van der Waals surface area contributed by atoms with E-state index >= 15 is 0 Å². The number of pyridine rings is 1. The summed E-state index contributed by atoms with van der Waals surface area (Å²) in [5.41, 5.74) is 10.2. The van der Waals surface area contributed by atoms with Crippen LogP contribution in [0.15, 0.2) is 12.1 Å². The zero-order valence-corrected chi connectivity index (χ0v) is 5.59. The van der Waals surface area contributed by atoms with E-state index in [2.05, 4.69) is 4.98 Å². The van der Waals surface area contributed by atoms with Gasteiger partial charge in [0.2, 0.25) is 0 Å². The SMILES string of the molecule is Nc1cc(N)nc(C(F)F)c1. The van der Waals surface area contributed by atoms with Crippen molar-refractivity contribution in [2.45, 2.75) is 6.43 Å². The van der Waals surface area contributed by atoms with Gasteiger partial charge < -0.3 is 11.5 Å². The average molecular weight is 159 g/mol. The van der Waals surface area contributed by atoms with E-state index in [0.717, 1.165) is 6.07 Å². The molecule has 60 valence electrons. The van der Waals surface area contributed by atoms with Crippen LogP contribution in [-0.2, 0) is 0 Å². The fourth-order valence-corrected chi connectivity index (χ4v) is 0.709. The second-order valence-electron chi connectivity index (χ2n) is 2.05. The number of anilines is 2. The Labute approximate surface area is 62.0 Å². The maximum atomic E-state index is 12.0. The second kappa shape index (κ2) is 2.69. The van der Waals surface area contributed by atoms with E-state index in [9.17, 15) is 8.78 Å². The Bertz CT molecular complexity index is 242. The van der Waals surface area contributed by atoms with Crippen LogP contribution in [0.2, 0.25) is 0 Å². The van der Waals surface area contributed by atoms with E-state index in [1.54, 1.807) is 0 Å². The highest BCUT2D eigenvalue weighted by atomic mass is 19.3. The molecule has 0 aliphatic rings.